The molecule has 0 saturated heterocycles. The van der Waals surface area contributed by atoms with Crippen molar-refractivity contribution < 1.29 is 4.79 Å². The van der Waals surface area contributed by atoms with Gasteiger partial charge in [-0.1, -0.05) is 13.3 Å². The van der Waals surface area contributed by atoms with Crippen LogP contribution >= 0.6 is 23.6 Å². The highest BCUT2D eigenvalue weighted by Crippen LogP contribution is 2.36. The molecule has 0 radical (unpaired) electrons. The SMILES string of the molecule is CC[C@H]1CCc2sc(C(=O)NCc3n[nH]c(=S)n3C3CC3)cc2C1. The zero-order valence-electron chi connectivity index (χ0n) is 13.8. The van der Waals surface area contributed by atoms with Crippen LogP contribution in [0.25, 0.3) is 0 Å². The van der Waals surface area contributed by atoms with Crippen LogP contribution in [0.5, 0.6) is 0 Å². The summed E-state index contributed by atoms with van der Waals surface area (Å²) in [5.41, 5.74) is 1.38. The standard InChI is InChI=1S/C17H22N4OS2/c1-2-10-3-6-13-11(7-10)8-14(24-13)16(22)18-9-15-19-20-17(23)21(15)12-4-5-12/h8,10,12H,2-7,9H2,1H3,(H,18,22)(H,20,23)/t10-/m0/s1. The Morgan fingerprint density at radius 3 is 3.08 bits per heavy atom. The number of aromatic amines is 1. The molecule has 2 heterocycles. The lowest BCUT2D eigenvalue weighted by atomic mass is 9.87. The molecule has 128 valence electrons. The lowest BCUT2D eigenvalue weighted by Gasteiger charge is -2.19. The van der Waals surface area contributed by atoms with Crippen LogP contribution in [0, 0.1) is 10.7 Å². The number of carbonyl (C=O) groups excluding carboxylic acids is 1. The quantitative estimate of drug-likeness (QED) is 0.796. The minimum absolute atomic E-state index is 0.00119. The molecular weight excluding hydrogens is 340 g/mol. The molecule has 0 bridgehead atoms. The number of nitrogens with one attached hydrogen (secondary N) is 2. The van der Waals surface area contributed by atoms with Crippen LogP contribution < -0.4 is 5.32 Å². The Balaban J connectivity index is 1.44. The van der Waals surface area contributed by atoms with Gasteiger partial charge in [0.15, 0.2) is 10.6 Å². The van der Waals surface area contributed by atoms with Gasteiger partial charge in [0.25, 0.3) is 5.91 Å². The van der Waals surface area contributed by atoms with Gasteiger partial charge < -0.3 is 5.32 Å². The van der Waals surface area contributed by atoms with Crippen molar-refractivity contribution >= 4 is 29.5 Å². The second-order valence-corrected chi connectivity index (χ2v) is 8.33. The van der Waals surface area contributed by atoms with Crippen LogP contribution in [-0.2, 0) is 19.4 Å². The third kappa shape index (κ3) is 3.07. The number of hydrogen-bond donors (Lipinski definition) is 2. The summed E-state index contributed by atoms with van der Waals surface area (Å²) in [6.45, 7) is 2.67. The lowest BCUT2D eigenvalue weighted by Crippen LogP contribution is -2.24. The van der Waals surface area contributed by atoms with E-state index in [-0.39, 0.29) is 5.91 Å². The monoisotopic (exact) mass is 362 g/mol. The highest BCUT2D eigenvalue weighted by molar-refractivity contribution is 7.71. The van der Waals surface area contributed by atoms with Crippen LogP contribution in [0.2, 0.25) is 0 Å². The molecule has 4 rings (SSSR count). The molecule has 2 aromatic heterocycles. The van der Waals surface area contributed by atoms with Gasteiger partial charge in [-0.05, 0) is 61.9 Å². The van der Waals surface area contributed by atoms with E-state index in [0.717, 1.165) is 42.3 Å². The Hall–Kier alpha value is -1.47. The predicted molar refractivity (Wildman–Crippen MR) is 97.0 cm³/mol. The summed E-state index contributed by atoms with van der Waals surface area (Å²) in [4.78, 5) is 14.7. The van der Waals surface area contributed by atoms with Crippen LogP contribution in [0.3, 0.4) is 0 Å². The van der Waals surface area contributed by atoms with Crippen LogP contribution in [0.4, 0.5) is 0 Å². The molecule has 7 heteroatoms. The fraction of sp³-hybridized carbons (Fsp3) is 0.588. The van der Waals surface area contributed by atoms with E-state index < -0.39 is 0 Å². The summed E-state index contributed by atoms with van der Waals surface area (Å²) in [5, 5.41) is 10.1. The number of nitrogens with zero attached hydrogens (tertiary/aromatic N) is 2. The van der Waals surface area contributed by atoms with E-state index in [0.29, 0.717) is 17.4 Å². The minimum Gasteiger partial charge on any atom is -0.344 e. The first-order chi connectivity index (χ1) is 11.7. The Kier molecular flexibility index (Phi) is 4.30. The Labute approximate surface area is 150 Å². The lowest BCUT2D eigenvalue weighted by molar-refractivity contribution is 0.0953. The zero-order chi connectivity index (χ0) is 16.7. The Morgan fingerprint density at radius 2 is 2.33 bits per heavy atom. The Morgan fingerprint density at radius 1 is 1.50 bits per heavy atom. The zero-order valence-corrected chi connectivity index (χ0v) is 15.4. The molecular formula is C17H22N4OS2. The second kappa shape index (κ2) is 6.44. The van der Waals surface area contributed by atoms with Gasteiger partial charge in [0.2, 0.25) is 0 Å². The van der Waals surface area contributed by atoms with Crippen molar-refractivity contribution in [1.29, 1.82) is 0 Å². The Bertz CT molecular complexity index is 815. The number of hydrogen-bond acceptors (Lipinski definition) is 4. The van der Waals surface area contributed by atoms with E-state index in [1.807, 2.05) is 4.57 Å². The highest BCUT2D eigenvalue weighted by Gasteiger charge is 2.27. The van der Waals surface area contributed by atoms with Gasteiger partial charge in [0, 0.05) is 10.9 Å². The molecule has 0 aromatic carbocycles. The van der Waals surface area contributed by atoms with Crippen molar-refractivity contribution in [2.75, 3.05) is 0 Å². The van der Waals surface area contributed by atoms with Crippen LogP contribution in [-0.4, -0.2) is 20.7 Å². The topological polar surface area (TPSA) is 62.7 Å². The van der Waals surface area contributed by atoms with Crippen LogP contribution in [0.1, 0.15) is 64.6 Å². The van der Waals surface area contributed by atoms with Crippen molar-refractivity contribution in [1.82, 2.24) is 20.1 Å². The van der Waals surface area contributed by atoms with Gasteiger partial charge in [-0.15, -0.1) is 11.3 Å². The van der Waals surface area contributed by atoms with Crippen LogP contribution in [0.15, 0.2) is 6.07 Å². The van der Waals surface area contributed by atoms with Crippen molar-refractivity contribution in [2.45, 2.75) is 58.0 Å². The summed E-state index contributed by atoms with van der Waals surface area (Å²) in [6.07, 6.45) is 7.00. The molecule has 2 aromatic rings. The minimum atomic E-state index is -0.00119. The van der Waals surface area contributed by atoms with Crippen molar-refractivity contribution in [3.8, 4) is 0 Å². The van der Waals surface area contributed by atoms with E-state index >= 15 is 0 Å². The fourth-order valence-corrected chi connectivity index (χ4v) is 4.90. The second-order valence-electron chi connectivity index (χ2n) is 6.80. The largest absolute Gasteiger partial charge is 0.344 e. The van der Waals surface area contributed by atoms with Gasteiger partial charge in [-0.2, -0.15) is 5.10 Å². The first kappa shape index (κ1) is 16.0. The smallest absolute Gasteiger partial charge is 0.261 e. The average molecular weight is 363 g/mol. The fourth-order valence-electron chi connectivity index (χ4n) is 3.48. The van der Waals surface area contributed by atoms with E-state index in [1.54, 1.807) is 11.3 Å². The number of aromatic nitrogens is 3. The van der Waals surface area contributed by atoms with Gasteiger partial charge in [0.1, 0.15) is 0 Å². The molecule has 0 aliphatic heterocycles. The summed E-state index contributed by atoms with van der Waals surface area (Å²) in [6, 6.07) is 2.55. The molecule has 24 heavy (non-hydrogen) atoms. The molecule has 5 nitrogen and oxygen atoms in total. The number of rotatable bonds is 5. The number of carbonyl (C=O) groups is 1. The van der Waals surface area contributed by atoms with Gasteiger partial charge in [0.05, 0.1) is 11.4 Å². The molecule has 2 aliphatic rings. The molecule has 1 saturated carbocycles. The van der Waals surface area contributed by atoms with E-state index in [4.69, 9.17) is 12.2 Å². The van der Waals surface area contributed by atoms with E-state index in [9.17, 15) is 4.79 Å². The third-order valence-electron chi connectivity index (χ3n) is 5.08. The number of H-pyrrole nitrogens is 1. The normalized spacial score (nSPS) is 20.0. The average Bonchev–Trinajstić information content (AvgIpc) is 3.22. The van der Waals surface area contributed by atoms with E-state index in [1.165, 1.54) is 23.3 Å². The van der Waals surface area contributed by atoms with Gasteiger partial charge >= 0.3 is 0 Å². The first-order valence-corrected chi connectivity index (χ1v) is 9.93. The molecule has 2 aliphatic carbocycles. The summed E-state index contributed by atoms with van der Waals surface area (Å²) in [7, 11) is 0. The number of aryl methyl sites for hydroxylation is 1. The number of amides is 1. The summed E-state index contributed by atoms with van der Waals surface area (Å²) in [5.74, 6) is 1.59. The molecule has 2 N–H and O–H groups in total. The molecule has 1 fully saturated rings. The summed E-state index contributed by atoms with van der Waals surface area (Å²) < 4.78 is 2.69. The predicted octanol–water partition coefficient (Wildman–Crippen LogP) is 3.78. The first-order valence-electron chi connectivity index (χ1n) is 8.71. The number of fused-ring (bicyclic) bond motifs is 1. The maximum Gasteiger partial charge on any atom is 0.261 e. The molecule has 0 unspecified atom stereocenters. The van der Waals surface area contributed by atoms with E-state index in [2.05, 4.69) is 28.5 Å². The maximum atomic E-state index is 12.5. The van der Waals surface area contributed by atoms with Crippen molar-refractivity contribution in [2.24, 2.45) is 5.92 Å². The summed E-state index contributed by atoms with van der Waals surface area (Å²) >= 11 is 6.93. The molecule has 1 amide bonds. The maximum absolute atomic E-state index is 12.5. The molecule has 0 spiro atoms. The molecule has 1 atom stereocenters. The van der Waals surface area contributed by atoms with Gasteiger partial charge in [-0.25, -0.2) is 0 Å². The van der Waals surface area contributed by atoms with Gasteiger partial charge in [-0.3, -0.25) is 14.5 Å². The highest BCUT2D eigenvalue weighted by atomic mass is 32.1. The van der Waals surface area contributed by atoms with Crippen molar-refractivity contribution in [3.63, 3.8) is 0 Å². The third-order valence-corrected chi connectivity index (χ3v) is 6.61. The van der Waals surface area contributed by atoms with Crippen molar-refractivity contribution in [3.05, 3.63) is 32.0 Å². The number of thiophene rings is 1.